The SMILES string of the molecule is CCC(CC)C(=O)NC1CCN(C(=O)c2ccccc2F)CC1. The fraction of sp³-hybridized carbons (Fsp3) is 0.556. The summed E-state index contributed by atoms with van der Waals surface area (Å²) in [6.07, 6.45) is 3.11. The van der Waals surface area contributed by atoms with E-state index in [-0.39, 0.29) is 29.3 Å². The van der Waals surface area contributed by atoms with Crippen molar-refractivity contribution in [3.63, 3.8) is 0 Å². The number of benzene rings is 1. The Balaban J connectivity index is 1.88. The molecule has 1 fully saturated rings. The molecule has 5 heteroatoms. The Morgan fingerprint density at radius 3 is 2.39 bits per heavy atom. The molecule has 1 N–H and O–H groups in total. The summed E-state index contributed by atoms with van der Waals surface area (Å²) >= 11 is 0. The highest BCUT2D eigenvalue weighted by molar-refractivity contribution is 5.94. The van der Waals surface area contributed by atoms with Crippen LogP contribution in [0.3, 0.4) is 0 Å². The van der Waals surface area contributed by atoms with Gasteiger partial charge in [-0.2, -0.15) is 0 Å². The van der Waals surface area contributed by atoms with Gasteiger partial charge in [0.2, 0.25) is 5.91 Å². The maximum absolute atomic E-state index is 13.7. The molecule has 1 aromatic rings. The molecule has 2 amide bonds. The van der Waals surface area contributed by atoms with E-state index in [4.69, 9.17) is 0 Å². The third-order valence-electron chi connectivity index (χ3n) is 4.59. The summed E-state index contributed by atoms with van der Waals surface area (Å²) in [5.41, 5.74) is 0.118. The first-order chi connectivity index (χ1) is 11.1. The van der Waals surface area contributed by atoms with Crippen LogP contribution in [0.15, 0.2) is 24.3 Å². The van der Waals surface area contributed by atoms with Crippen molar-refractivity contribution in [3.8, 4) is 0 Å². The number of carbonyl (C=O) groups excluding carboxylic acids is 2. The molecule has 0 unspecified atom stereocenters. The molecule has 0 bridgehead atoms. The first-order valence-corrected chi connectivity index (χ1v) is 8.41. The predicted octanol–water partition coefficient (Wildman–Crippen LogP) is 2.98. The Labute approximate surface area is 137 Å². The quantitative estimate of drug-likeness (QED) is 0.907. The Morgan fingerprint density at radius 1 is 1.22 bits per heavy atom. The molecule has 1 heterocycles. The second-order valence-corrected chi connectivity index (χ2v) is 6.07. The largest absolute Gasteiger partial charge is 0.353 e. The minimum Gasteiger partial charge on any atom is -0.353 e. The van der Waals surface area contributed by atoms with Crippen molar-refractivity contribution in [1.29, 1.82) is 0 Å². The standard InChI is InChI=1S/C18H25FN2O2/c1-3-13(4-2)17(22)20-14-9-11-21(12-10-14)18(23)15-7-5-6-8-16(15)19/h5-8,13-14H,3-4,9-12H2,1-2H3,(H,20,22). The number of rotatable bonds is 5. The Hall–Kier alpha value is -1.91. The van der Waals surface area contributed by atoms with Crippen LogP contribution in [-0.2, 0) is 4.79 Å². The van der Waals surface area contributed by atoms with E-state index in [1.807, 2.05) is 13.8 Å². The lowest BCUT2D eigenvalue weighted by atomic mass is 9.99. The van der Waals surface area contributed by atoms with Crippen molar-refractivity contribution in [2.45, 2.75) is 45.6 Å². The normalized spacial score (nSPS) is 15.7. The molecule has 2 rings (SSSR count). The van der Waals surface area contributed by atoms with Crippen LogP contribution in [0.5, 0.6) is 0 Å². The number of hydrogen-bond acceptors (Lipinski definition) is 2. The van der Waals surface area contributed by atoms with Gasteiger partial charge in [0.05, 0.1) is 5.56 Å². The molecule has 4 nitrogen and oxygen atoms in total. The highest BCUT2D eigenvalue weighted by Gasteiger charge is 2.27. The van der Waals surface area contributed by atoms with Crippen molar-refractivity contribution in [3.05, 3.63) is 35.6 Å². The lowest BCUT2D eigenvalue weighted by Gasteiger charge is -2.33. The van der Waals surface area contributed by atoms with E-state index in [9.17, 15) is 14.0 Å². The third kappa shape index (κ3) is 4.30. The average Bonchev–Trinajstić information content (AvgIpc) is 2.56. The van der Waals surface area contributed by atoms with Crippen molar-refractivity contribution in [1.82, 2.24) is 10.2 Å². The van der Waals surface area contributed by atoms with Gasteiger partial charge in [0, 0.05) is 25.0 Å². The van der Waals surface area contributed by atoms with Gasteiger partial charge in [0.15, 0.2) is 0 Å². The fourth-order valence-electron chi connectivity index (χ4n) is 3.01. The van der Waals surface area contributed by atoms with Crippen LogP contribution in [0.25, 0.3) is 0 Å². The summed E-state index contributed by atoms with van der Waals surface area (Å²) < 4.78 is 13.7. The molecule has 126 valence electrons. The maximum atomic E-state index is 13.7. The number of hydrogen-bond donors (Lipinski definition) is 1. The molecular formula is C18H25FN2O2. The number of nitrogens with zero attached hydrogens (tertiary/aromatic N) is 1. The topological polar surface area (TPSA) is 49.4 Å². The van der Waals surface area contributed by atoms with Crippen LogP contribution in [-0.4, -0.2) is 35.8 Å². The van der Waals surface area contributed by atoms with E-state index in [0.29, 0.717) is 25.9 Å². The average molecular weight is 320 g/mol. The summed E-state index contributed by atoms with van der Waals surface area (Å²) in [5, 5.41) is 3.08. The minimum absolute atomic E-state index is 0.0630. The Bertz CT molecular complexity index is 550. The van der Waals surface area contributed by atoms with Crippen LogP contribution in [0.1, 0.15) is 49.9 Å². The van der Waals surface area contributed by atoms with Crippen LogP contribution in [0.2, 0.25) is 0 Å². The molecular weight excluding hydrogens is 295 g/mol. The zero-order chi connectivity index (χ0) is 16.8. The van der Waals surface area contributed by atoms with Gasteiger partial charge in [-0.3, -0.25) is 9.59 Å². The van der Waals surface area contributed by atoms with Crippen molar-refractivity contribution >= 4 is 11.8 Å². The lowest BCUT2D eigenvalue weighted by Crippen LogP contribution is -2.47. The minimum atomic E-state index is -0.485. The summed E-state index contributed by atoms with van der Waals surface area (Å²) in [4.78, 5) is 26.1. The predicted molar refractivity (Wildman–Crippen MR) is 87.5 cm³/mol. The van der Waals surface area contributed by atoms with Crippen LogP contribution in [0.4, 0.5) is 4.39 Å². The fourth-order valence-corrected chi connectivity index (χ4v) is 3.01. The van der Waals surface area contributed by atoms with Crippen molar-refractivity contribution in [2.75, 3.05) is 13.1 Å². The number of carbonyl (C=O) groups is 2. The summed E-state index contributed by atoms with van der Waals surface area (Å²) in [7, 11) is 0. The van der Waals surface area contributed by atoms with Gasteiger partial charge in [-0.1, -0.05) is 26.0 Å². The zero-order valence-corrected chi connectivity index (χ0v) is 13.8. The van der Waals surface area contributed by atoms with Gasteiger partial charge in [-0.15, -0.1) is 0 Å². The highest BCUT2D eigenvalue weighted by atomic mass is 19.1. The summed E-state index contributed by atoms with van der Waals surface area (Å²) in [6, 6.07) is 6.16. The Morgan fingerprint density at radius 2 is 1.83 bits per heavy atom. The van der Waals surface area contributed by atoms with E-state index < -0.39 is 5.82 Å². The second-order valence-electron chi connectivity index (χ2n) is 6.07. The van der Waals surface area contributed by atoms with Gasteiger partial charge in [-0.05, 0) is 37.8 Å². The molecule has 1 saturated heterocycles. The van der Waals surface area contributed by atoms with Gasteiger partial charge in [-0.25, -0.2) is 4.39 Å². The lowest BCUT2D eigenvalue weighted by molar-refractivity contribution is -0.126. The molecule has 23 heavy (non-hydrogen) atoms. The molecule has 1 aromatic carbocycles. The number of nitrogens with one attached hydrogen (secondary N) is 1. The molecule has 0 saturated carbocycles. The van der Waals surface area contributed by atoms with Gasteiger partial charge in [0.25, 0.3) is 5.91 Å². The molecule has 0 radical (unpaired) electrons. The Kier molecular flexibility index (Phi) is 6.13. The first-order valence-electron chi connectivity index (χ1n) is 8.41. The van der Waals surface area contributed by atoms with E-state index >= 15 is 0 Å². The monoisotopic (exact) mass is 320 g/mol. The molecule has 1 aliphatic heterocycles. The summed E-state index contributed by atoms with van der Waals surface area (Å²) in [5.74, 6) is -0.587. The highest BCUT2D eigenvalue weighted by Crippen LogP contribution is 2.17. The molecule has 0 spiro atoms. The zero-order valence-electron chi connectivity index (χ0n) is 13.8. The second kappa shape index (κ2) is 8.09. The molecule has 0 atom stereocenters. The summed E-state index contributed by atoms with van der Waals surface area (Å²) in [6.45, 7) is 5.12. The maximum Gasteiger partial charge on any atom is 0.256 e. The first kappa shape index (κ1) is 17.4. The smallest absolute Gasteiger partial charge is 0.256 e. The molecule has 0 aliphatic carbocycles. The van der Waals surface area contributed by atoms with E-state index in [2.05, 4.69) is 5.32 Å². The molecule has 1 aliphatic rings. The number of piperidine rings is 1. The van der Waals surface area contributed by atoms with E-state index in [1.54, 1.807) is 17.0 Å². The van der Waals surface area contributed by atoms with Gasteiger partial charge < -0.3 is 10.2 Å². The number of likely N-dealkylation sites (tertiary alicyclic amines) is 1. The van der Waals surface area contributed by atoms with Crippen LogP contribution < -0.4 is 5.32 Å². The van der Waals surface area contributed by atoms with Gasteiger partial charge in [0.1, 0.15) is 5.82 Å². The van der Waals surface area contributed by atoms with E-state index in [1.165, 1.54) is 12.1 Å². The van der Waals surface area contributed by atoms with Crippen LogP contribution >= 0.6 is 0 Å². The van der Waals surface area contributed by atoms with Crippen LogP contribution in [0, 0.1) is 11.7 Å². The van der Waals surface area contributed by atoms with Crippen molar-refractivity contribution in [2.24, 2.45) is 5.92 Å². The number of amides is 2. The van der Waals surface area contributed by atoms with E-state index in [0.717, 1.165) is 12.8 Å². The number of halogens is 1. The van der Waals surface area contributed by atoms with Gasteiger partial charge >= 0.3 is 0 Å². The third-order valence-corrected chi connectivity index (χ3v) is 4.59. The molecule has 0 aromatic heterocycles. The van der Waals surface area contributed by atoms with Crippen molar-refractivity contribution < 1.29 is 14.0 Å².